The molecule has 4 rings (SSSR count). The number of anilines is 2. The molecule has 2 aromatic carbocycles. The summed E-state index contributed by atoms with van der Waals surface area (Å²) in [6.07, 6.45) is 0. The largest absolute Gasteiger partial charge is 0.364 e. The number of rotatable bonds is 7. The van der Waals surface area contributed by atoms with E-state index >= 15 is 0 Å². The summed E-state index contributed by atoms with van der Waals surface area (Å²) >= 11 is 7.38. The predicted octanol–water partition coefficient (Wildman–Crippen LogP) is 5.38. The number of nitrogens with one attached hydrogen (secondary N) is 2. The Bertz CT molecular complexity index is 1310. The van der Waals surface area contributed by atoms with E-state index in [-0.39, 0.29) is 18.0 Å². The molecule has 9 heteroatoms. The minimum atomic E-state index is -0.175. The van der Waals surface area contributed by atoms with Gasteiger partial charge < -0.3 is 15.5 Å². The molecule has 0 aliphatic rings. The number of aryl methyl sites for hydroxylation is 1. The highest BCUT2D eigenvalue weighted by molar-refractivity contribution is 7.20. The molecular formula is C25H29ClN6OS. The van der Waals surface area contributed by atoms with Crippen molar-refractivity contribution in [3.63, 3.8) is 0 Å². The van der Waals surface area contributed by atoms with E-state index in [2.05, 4.69) is 56.5 Å². The van der Waals surface area contributed by atoms with E-state index in [0.29, 0.717) is 11.6 Å². The molecule has 0 aliphatic carbocycles. The smallest absolute Gasteiger partial charge is 0.239 e. The standard InChI is InChI=1S/C25H29ClN6OS/c1-16-7-6-8-18(13-16)21-22(29-25(2,3)4)32-23(28-21)34-24(30-32)31(5)15-20(33)27-14-17-9-11-19(26)12-10-17/h6-13,29H,14-15H2,1-5H3,(H,27,33). The number of aromatic nitrogens is 3. The fourth-order valence-electron chi connectivity index (χ4n) is 3.50. The Morgan fingerprint density at radius 2 is 1.91 bits per heavy atom. The van der Waals surface area contributed by atoms with Crippen LogP contribution in [0.2, 0.25) is 5.02 Å². The van der Waals surface area contributed by atoms with E-state index in [4.69, 9.17) is 21.7 Å². The summed E-state index contributed by atoms with van der Waals surface area (Å²) in [7, 11) is 1.86. The van der Waals surface area contributed by atoms with Gasteiger partial charge >= 0.3 is 0 Å². The van der Waals surface area contributed by atoms with Crippen molar-refractivity contribution in [3.8, 4) is 11.3 Å². The van der Waals surface area contributed by atoms with Crippen molar-refractivity contribution >= 4 is 44.8 Å². The average Bonchev–Trinajstić information content (AvgIpc) is 3.32. The van der Waals surface area contributed by atoms with Gasteiger partial charge in [-0.25, -0.2) is 4.98 Å². The third-order valence-electron chi connectivity index (χ3n) is 5.09. The molecule has 0 aliphatic heterocycles. The maximum Gasteiger partial charge on any atom is 0.239 e. The van der Waals surface area contributed by atoms with E-state index in [9.17, 15) is 4.79 Å². The van der Waals surface area contributed by atoms with Gasteiger partial charge in [-0.05, 0) is 51.5 Å². The second kappa shape index (κ2) is 9.64. The summed E-state index contributed by atoms with van der Waals surface area (Å²) < 4.78 is 1.84. The normalized spacial score (nSPS) is 11.6. The van der Waals surface area contributed by atoms with Gasteiger partial charge in [-0.1, -0.05) is 58.8 Å². The van der Waals surface area contributed by atoms with Crippen molar-refractivity contribution in [2.45, 2.75) is 39.8 Å². The van der Waals surface area contributed by atoms with E-state index < -0.39 is 0 Å². The molecule has 2 heterocycles. The van der Waals surface area contributed by atoms with Gasteiger partial charge in [0.2, 0.25) is 16.0 Å². The molecule has 1 amide bonds. The van der Waals surface area contributed by atoms with Gasteiger partial charge in [-0.2, -0.15) is 4.52 Å². The zero-order valence-corrected chi connectivity index (χ0v) is 21.6. The molecule has 7 nitrogen and oxygen atoms in total. The highest BCUT2D eigenvalue weighted by Gasteiger charge is 2.23. The first-order chi connectivity index (χ1) is 16.1. The summed E-state index contributed by atoms with van der Waals surface area (Å²) in [6.45, 7) is 9.04. The zero-order valence-electron chi connectivity index (χ0n) is 20.0. The number of amides is 1. The zero-order chi connectivity index (χ0) is 24.5. The molecular weight excluding hydrogens is 468 g/mol. The van der Waals surface area contributed by atoms with Crippen molar-refractivity contribution in [1.82, 2.24) is 19.9 Å². The lowest BCUT2D eigenvalue weighted by atomic mass is 10.1. The molecule has 0 saturated heterocycles. The maximum absolute atomic E-state index is 12.5. The van der Waals surface area contributed by atoms with Crippen LogP contribution in [0.4, 0.5) is 10.9 Å². The van der Waals surface area contributed by atoms with Gasteiger partial charge in [0.1, 0.15) is 5.69 Å². The van der Waals surface area contributed by atoms with Gasteiger partial charge in [0.25, 0.3) is 0 Å². The first-order valence-corrected chi connectivity index (χ1v) is 12.3. The molecule has 2 N–H and O–H groups in total. The number of imidazole rings is 1. The third kappa shape index (κ3) is 5.69. The Morgan fingerprint density at radius 1 is 1.18 bits per heavy atom. The number of halogens is 1. The van der Waals surface area contributed by atoms with Gasteiger partial charge in [-0.15, -0.1) is 5.10 Å². The first-order valence-electron chi connectivity index (χ1n) is 11.1. The molecule has 0 fully saturated rings. The minimum Gasteiger partial charge on any atom is -0.364 e. The molecule has 4 aromatic rings. The quantitative estimate of drug-likeness (QED) is 0.359. The highest BCUT2D eigenvalue weighted by Crippen LogP contribution is 2.34. The van der Waals surface area contributed by atoms with Crippen LogP contribution in [0, 0.1) is 6.92 Å². The molecule has 0 radical (unpaired) electrons. The fourth-order valence-corrected chi connectivity index (χ4v) is 4.48. The molecule has 0 unspecified atom stereocenters. The van der Waals surface area contributed by atoms with E-state index in [1.54, 1.807) is 0 Å². The van der Waals surface area contributed by atoms with Crippen LogP contribution >= 0.6 is 22.9 Å². The molecule has 0 spiro atoms. The number of hydrogen-bond acceptors (Lipinski definition) is 6. The van der Waals surface area contributed by atoms with Crippen molar-refractivity contribution in [2.24, 2.45) is 0 Å². The van der Waals surface area contributed by atoms with Crippen LogP contribution in [0.25, 0.3) is 16.2 Å². The van der Waals surface area contributed by atoms with E-state index in [1.807, 2.05) is 46.8 Å². The lowest BCUT2D eigenvalue weighted by Gasteiger charge is -2.22. The van der Waals surface area contributed by atoms with Crippen molar-refractivity contribution in [2.75, 3.05) is 23.8 Å². The van der Waals surface area contributed by atoms with Gasteiger partial charge in [0.05, 0.1) is 6.54 Å². The monoisotopic (exact) mass is 496 g/mol. The second-order valence-corrected chi connectivity index (χ2v) is 10.8. The summed E-state index contributed by atoms with van der Waals surface area (Å²) in [5.41, 5.74) is 3.91. The highest BCUT2D eigenvalue weighted by atomic mass is 35.5. The Hall–Kier alpha value is -3.10. The van der Waals surface area contributed by atoms with E-state index in [1.165, 1.54) is 16.9 Å². The van der Waals surface area contributed by atoms with Crippen LogP contribution in [-0.2, 0) is 11.3 Å². The topological polar surface area (TPSA) is 74.6 Å². The third-order valence-corrected chi connectivity index (χ3v) is 6.36. The van der Waals surface area contributed by atoms with Gasteiger partial charge in [-0.3, -0.25) is 4.79 Å². The Morgan fingerprint density at radius 3 is 2.59 bits per heavy atom. The van der Waals surface area contributed by atoms with Crippen LogP contribution in [0.1, 0.15) is 31.9 Å². The number of benzene rings is 2. The SMILES string of the molecule is Cc1cccc(-c2nc3sc(N(C)CC(=O)NCc4ccc(Cl)cc4)nn3c2NC(C)(C)C)c1. The molecule has 2 aromatic heterocycles. The summed E-state index contributed by atoms with van der Waals surface area (Å²) in [5.74, 6) is 0.759. The van der Waals surface area contributed by atoms with Crippen molar-refractivity contribution in [1.29, 1.82) is 0 Å². The van der Waals surface area contributed by atoms with Gasteiger partial charge in [0.15, 0.2) is 5.82 Å². The molecule has 178 valence electrons. The number of likely N-dealkylation sites (N-methyl/N-ethyl adjacent to an activating group) is 1. The average molecular weight is 497 g/mol. The molecule has 0 atom stereocenters. The fraction of sp³-hybridized carbons (Fsp3) is 0.320. The maximum atomic E-state index is 12.5. The molecule has 0 bridgehead atoms. The molecule has 34 heavy (non-hydrogen) atoms. The van der Waals surface area contributed by atoms with Crippen LogP contribution in [0.3, 0.4) is 0 Å². The van der Waals surface area contributed by atoms with Crippen LogP contribution in [0.15, 0.2) is 48.5 Å². The van der Waals surface area contributed by atoms with E-state index in [0.717, 1.165) is 32.7 Å². The second-order valence-electron chi connectivity index (χ2n) is 9.39. The first kappa shape index (κ1) is 24.0. The Labute approximate surface area is 208 Å². The molecule has 0 saturated carbocycles. The minimum absolute atomic E-state index is 0.0845. The Kier molecular flexibility index (Phi) is 6.81. The lowest BCUT2D eigenvalue weighted by Crippen LogP contribution is -2.34. The van der Waals surface area contributed by atoms with Gasteiger partial charge in [0, 0.05) is 29.7 Å². The van der Waals surface area contributed by atoms with Crippen molar-refractivity contribution < 1.29 is 4.79 Å². The summed E-state index contributed by atoms with van der Waals surface area (Å²) in [5, 5.41) is 12.7. The summed E-state index contributed by atoms with van der Waals surface area (Å²) in [4.78, 5) is 20.0. The van der Waals surface area contributed by atoms with Crippen LogP contribution < -0.4 is 15.5 Å². The number of hydrogen-bond donors (Lipinski definition) is 2. The van der Waals surface area contributed by atoms with Crippen LogP contribution in [-0.4, -0.2) is 39.6 Å². The predicted molar refractivity (Wildman–Crippen MR) is 141 cm³/mol. The summed E-state index contributed by atoms with van der Waals surface area (Å²) in [6, 6.07) is 15.7. The number of carbonyl (C=O) groups excluding carboxylic acids is 1. The van der Waals surface area contributed by atoms with Crippen LogP contribution in [0.5, 0.6) is 0 Å². The lowest BCUT2D eigenvalue weighted by molar-refractivity contribution is -0.119. The van der Waals surface area contributed by atoms with Crippen molar-refractivity contribution in [3.05, 3.63) is 64.7 Å². The Balaban J connectivity index is 1.54. The number of carbonyl (C=O) groups is 1. The number of fused-ring (bicyclic) bond motifs is 1. The number of nitrogens with zero attached hydrogens (tertiary/aromatic N) is 4.